The van der Waals surface area contributed by atoms with Crippen LogP contribution in [-0.4, -0.2) is 53.4 Å². The Balaban J connectivity index is 1.57. The molecule has 0 saturated carbocycles. The zero-order chi connectivity index (χ0) is 17.8. The van der Waals surface area contributed by atoms with Crippen molar-refractivity contribution in [3.63, 3.8) is 0 Å². The van der Waals surface area contributed by atoms with E-state index in [2.05, 4.69) is 23.7 Å². The fraction of sp³-hybridized carbons (Fsp3) is 0.474. The summed E-state index contributed by atoms with van der Waals surface area (Å²) in [5, 5.41) is 3.53. The Morgan fingerprint density at radius 3 is 2.64 bits per heavy atom. The third-order valence-electron chi connectivity index (χ3n) is 4.34. The smallest absolute Gasteiger partial charge is 0.228 e. The van der Waals surface area contributed by atoms with Gasteiger partial charge in [-0.25, -0.2) is 4.98 Å². The van der Waals surface area contributed by atoms with E-state index in [1.165, 1.54) is 11.3 Å². The largest absolute Gasteiger partial charge is 0.340 e. The maximum absolute atomic E-state index is 12.6. The number of nitrogens with zero attached hydrogens (tertiary/aromatic N) is 3. The maximum Gasteiger partial charge on any atom is 0.228 e. The van der Waals surface area contributed by atoms with Crippen LogP contribution < -0.4 is 0 Å². The second-order valence-corrected chi connectivity index (χ2v) is 8.14. The van der Waals surface area contributed by atoms with Crippen molar-refractivity contribution in [1.82, 2.24) is 14.8 Å². The third-order valence-corrected chi connectivity index (χ3v) is 5.59. The summed E-state index contributed by atoms with van der Waals surface area (Å²) < 4.78 is 0. The molecule has 2 aromatic rings. The van der Waals surface area contributed by atoms with E-state index in [1.807, 2.05) is 34.5 Å². The van der Waals surface area contributed by atoms with E-state index >= 15 is 0 Å². The second kappa shape index (κ2) is 8.30. The molecular weight excluding hydrogens is 354 g/mol. The molecule has 0 spiro atoms. The van der Waals surface area contributed by atoms with Gasteiger partial charge in [0.25, 0.3) is 0 Å². The number of rotatable bonds is 5. The monoisotopic (exact) mass is 377 g/mol. The van der Waals surface area contributed by atoms with Crippen molar-refractivity contribution in [3.8, 4) is 10.6 Å². The lowest BCUT2D eigenvalue weighted by molar-refractivity contribution is -0.132. The minimum absolute atomic E-state index is 0.167. The lowest BCUT2D eigenvalue weighted by atomic mass is 10.2. The Kier molecular flexibility index (Phi) is 6.10. The van der Waals surface area contributed by atoms with E-state index in [0.29, 0.717) is 17.4 Å². The molecular formula is C19H24ClN3OS. The first-order valence-corrected chi connectivity index (χ1v) is 9.98. The molecule has 0 aliphatic carbocycles. The number of benzene rings is 1. The fourth-order valence-corrected chi connectivity index (χ4v) is 4.25. The van der Waals surface area contributed by atoms with Crippen LogP contribution in [0.2, 0.25) is 5.02 Å². The Labute approximate surface area is 158 Å². The van der Waals surface area contributed by atoms with Crippen LogP contribution in [0.25, 0.3) is 10.6 Å². The molecule has 1 amide bonds. The van der Waals surface area contributed by atoms with Gasteiger partial charge in [0.2, 0.25) is 5.91 Å². The molecule has 2 heterocycles. The fourth-order valence-electron chi connectivity index (χ4n) is 3.11. The quantitative estimate of drug-likeness (QED) is 0.795. The molecule has 134 valence electrons. The van der Waals surface area contributed by atoms with Crippen LogP contribution in [0.1, 0.15) is 19.5 Å². The van der Waals surface area contributed by atoms with E-state index in [9.17, 15) is 4.79 Å². The predicted molar refractivity (Wildman–Crippen MR) is 104 cm³/mol. The van der Waals surface area contributed by atoms with Crippen molar-refractivity contribution in [1.29, 1.82) is 0 Å². The molecule has 0 unspecified atom stereocenters. The average molecular weight is 378 g/mol. The summed E-state index contributed by atoms with van der Waals surface area (Å²) in [5.74, 6) is 0.834. The Morgan fingerprint density at radius 2 is 1.96 bits per heavy atom. The van der Waals surface area contributed by atoms with Gasteiger partial charge in [0.05, 0.1) is 17.1 Å². The standard InChI is InChI=1S/C19H24ClN3OS/c1-14(2)12-22-7-9-23(10-8-22)18(24)11-15-13-25-19(21-15)16-5-3-4-6-17(16)20/h3-6,13-14H,7-12H2,1-2H3. The van der Waals surface area contributed by atoms with Crippen molar-refractivity contribution in [2.45, 2.75) is 20.3 Å². The summed E-state index contributed by atoms with van der Waals surface area (Å²) >= 11 is 7.77. The van der Waals surface area contributed by atoms with Crippen LogP contribution in [-0.2, 0) is 11.2 Å². The molecule has 4 nitrogen and oxygen atoms in total. The van der Waals surface area contributed by atoms with Crippen LogP contribution in [0, 0.1) is 5.92 Å². The van der Waals surface area contributed by atoms with Crippen molar-refractivity contribution in [3.05, 3.63) is 40.4 Å². The van der Waals surface area contributed by atoms with Crippen LogP contribution in [0.5, 0.6) is 0 Å². The van der Waals surface area contributed by atoms with Gasteiger partial charge in [-0.1, -0.05) is 43.6 Å². The molecule has 1 aliphatic heterocycles. The van der Waals surface area contributed by atoms with Gasteiger partial charge < -0.3 is 4.90 Å². The SMILES string of the molecule is CC(C)CN1CCN(C(=O)Cc2csc(-c3ccccc3Cl)n2)CC1. The topological polar surface area (TPSA) is 36.4 Å². The van der Waals surface area contributed by atoms with Gasteiger partial charge in [-0.2, -0.15) is 0 Å². The number of carbonyl (C=O) groups is 1. The molecule has 0 bridgehead atoms. The first-order valence-electron chi connectivity index (χ1n) is 8.72. The highest BCUT2D eigenvalue weighted by Crippen LogP contribution is 2.30. The molecule has 0 N–H and O–H groups in total. The molecule has 1 aromatic carbocycles. The van der Waals surface area contributed by atoms with Gasteiger partial charge in [0.1, 0.15) is 5.01 Å². The molecule has 1 aliphatic rings. The summed E-state index contributed by atoms with van der Waals surface area (Å²) in [6, 6.07) is 7.67. The normalized spacial score (nSPS) is 15.8. The van der Waals surface area contributed by atoms with Crippen LogP contribution in [0.15, 0.2) is 29.6 Å². The highest BCUT2D eigenvalue weighted by atomic mass is 35.5. The van der Waals surface area contributed by atoms with E-state index in [4.69, 9.17) is 11.6 Å². The number of thiazole rings is 1. The summed E-state index contributed by atoms with van der Waals surface area (Å²) in [6.45, 7) is 9.12. The molecule has 6 heteroatoms. The third kappa shape index (κ3) is 4.81. The summed E-state index contributed by atoms with van der Waals surface area (Å²) in [6.07, 6.45) is 0.366. The minimum Gasteiger partial charge on any atom is -0.340 e. The van der Waals surface area contributed by atoms with Crippen LogP contribution in [0.4, 0.5) is 0 Å². The molecule has 3 rings (SSSR count). The zero-order valence-corrected chi connectivity index (χ0v) is 16.3. The van der Waals surface area contributed by atoms with Gasteiger partial charge >= 0.3 is 0 Å². The highest BCUT2D eigenvalue weighted by molar-refractivity contribution is 7.13. The number of halogens is 1. The van der Waals surface area contributed by atoms with Crippen LogP contribution >= 0.6 is 22.9 Å². The highest BCUT2D eigenvalue weighted by Gasteiger charge is 2.22. The molecule has 0 radical (unpaired) electrons. The number of amides is 1. The van der Waals surface area contributed by atoms with Crippen molar-refractivity contribution >= 4 is 28.8 Å². The summed E-state index contributed by atoms with van der Waals surface area (Å²) in [4.78, 5) is 21.6. The van der Waals surface area contributed by atoms with Crippen molar-refractivity contribution in [2.24, 2.45) is 5.92 Å². The Morgan fingerprint density at radius 1 is 1.24 bits per heavy atom. The van der Waals surface area contributed by atoms with Gasteiger partial charge in [0.15, 0.2) is 0 Å². The van der Waals surface area contributed by atoms with Gasteiger partial charge in [-0.05, 0) is 12.0 Å². The number of carbonyl (C=O) groups excluding carboxylic acids is 1. The maximum atomic E-state index is 12.6. The van der Waals surface area contributed by atoms with Crippen LogP contribution in [0.3, 0.4) is 0 Å². The number of aromatic nitrogens is 1. The number of hydrogen-bond acceptors (Lipinski definition) is 4. The zero-order valence-electron chi connectivity index (χ0n) is 14.7. The number of piperazine rings is 1. The second-order valence-electron chi connectivity index (χ2n) is 6.88. The lowest BCUT2D eigenvalue weighted by Crippen LogP contribution is -2.49. The molecule has 1 fully saturated rings. The van der Waals surface area contributed by atoms with Crippen molar-refractivity contribution in [2.75, 3.05) is 32.7 Å². The van der Waals surface area contributed by atoms with Crippen molar-refractivity contribution < 1.29 is 4.79 Å². The van der Waals surface area contributed by atoms with Gasteiger partial charge in [-0.15, -0.1) is 11.3 Å². The predicted octanol–water partition coefficient (Wildman–Crippen LogP) is 3.81. The summed E-state index contributed by atoms with van der Waals surface area (Å²) in [7, 11) is 0. The number of hydrogen-bond donors (Lipinski definition) is 0. The van der Waals surface area contributed by atoms with E-state index in [-0.39, 0.29) is 5.91 Å². The summed E-state index contributed by atoms with van der Waals surface area (Å²) in [5.41, 5.74) is 1.75. The Hall–Kier alpha value is -1.43. The lowest BCUT2D eigenvalue weighted by Gasteiger charge is -2.35. The average Bonchev–Trinajstić information content (AvgIpc) is 3.03. The van der Waals surface area contributed by atoms with E-state index < -0.39 is 0 Å². The first-order chi connectivity index (χ1) is 12.0. The first kappa shape index (κ1) is 18.4. The molecule has 1 aromatic heterocycles. The molecule has 0 atom stereocenters. The molecule has 25 heavy (non-hydrogen) atoms. The van der Waals surface area contributed by atoms with E-state index in [0.717, 1.165) is 49.0 Å². The van der Waals surface area contributed by atoms with Gasteiger partial charge in [-0.3, -0.25) is 9.69 Å². The van der Waals surface area contributed by atoms with Gasteiger partial charge in [0, 0.05) is 43.7 Å². The minimum atomic E-state index is 0.167. The van der Waals surface area contributed by atoms with E-state index in [1.54, 1.807) is 0 Å². The Bertz CT molecular complexity index is 723. The molecule has 1 saturated heterocycles.